The standard InChI is InChI=1S/C19H20N3O2P/c1-19(23)12-13-25(24,16-10-6-3-7-11-16)18(19)22-14-17(20-21-22)15-8-4-2-5-9-15/h2-11,14,18,23H,12-13H2,1H3/t18-,19-,25?/m1/s1. The fourth-order valence-corrected chi connectivity index (χ4v) is 7.43. The third-order valence-electron chi connectivity index (χ3n) is 4.93. The summed E-state index contributed by atoms with van der Waals surface area (Å²) in [6.45, 7) is 1.74. The Bertz CT molecular complexity index is 922. The molecule has 1 saturated heterocycles. The van der Waals surface area contributed by atoms with Gasteiger partial charge in [-0.2, -0.15) is 0 Å². The average Bonchev–Trinajstić information content (AvgIpc) is 3.19. The van der Waals surface area contributed by atoms with Crippen LogP contribution in [0.15, 0.2) is 66.9 Å². The molecule has 1 aliphatic heterocycles. The van der Waals surface area contributed by atoms with Crippen LogP contribution in [-0.4, -0.2) is 31.9 Å². The van der Waals surface area contributed by atoms with Gasteiger partial charge in [-0.15, -0.1) is 5.10 Å². The second-order valence-electron chi connectivity index (χ2n) is 6.79. The lowest BCUT2D eigenvalue weighted by Gasteiger charge is -2.29. The smallest absolute Gasteiger partial charge is 0.142 e. The summed E-state index contributed by atoms with van der Waals surface area (Å²) in [5.41, 5.74) is 0.566. The number of aliphatic hydroxyl groups is 1. The monoisotopic (exact) mass is 353 g/mol. The predicted octanol–water partition coefficient (Wildman–Crippen LogP) is 3.29. The third kappa shape index (κ3) is 2.74. The molecule has 0 spiro atoms. The zero-order valence-corrected chi connectivity index (χ0v) is 14.9. The first kappa shape index (κ1) is 16.2. The highest BCUT2D eigenvalue weighted by atomic mass is 31.2. The molecular formula is C19H20N3O2P. The molecule has 2 aromatic carbocycles. The summed E-state index contributed by atoms with van der Waals surface area (Å²) < 4.78 is 15.5. The Morgan fingerprint density at radius 1 is 1.12 bits per heavy atom. The molecule has 0 radical (unpaired) electrons. The van der Waals surface area contributed by atoms with Crippen LogP contribution in [0, 0.1) is 0 Å². The lowest BCUT2D eigenvalue weighted by Crippen LogP contribution is -2.33. The summed E-state index contributed by atoms with van der Waals surface area (Å²) >= 11 is 0. The highest BCUT2D eigenvalue weighted by molar-refractivity contribution is 7.72. The van der Waals surface area contributed by atoms with Gasteiger partial charge in [0.2, 0.25) is 0 Å². The molecule has 6 heteroatoms. The highest BCUT2D eigenvalue weighted by Gasteiger charge is 2.54. The van der Waals surface area contributed by atoms with E-state index in [0.29, 0.717) is 18.3 Å². The van der Waals surface area contributed by atoms with Gasteiger partial charge in [0.1, 0.15) is 18.6 Å². The molecule has 4 rings (SSSR count). The van der Waals surface area contributed by atoms with Gasteiger partial charge in [-0.1, -0.05) is 65.9 Å². The van der Waals surface area contributed by atoms with E-state index in [1.54, 1.807) is 17.8 Å². The van der Waals surface area contributed by atoms with Gasteiger partial charge in [0.25, 0.3) is 0 Å². The van der Waals surface area contributed by atoms with Crippen molar-refractivity contribution in [3.05, 3.63) is 66.9 Å². The maximum atomic E-state index is 13.9. The quantitative estimate of drug-likeness (QED) is 0.734. The first-order valence-corrected chi connectivity index (χ1v) is 10.3. The summed E-state index contributed by atoms with van der Waals surface area (Å²) in [4.78, 5) is 0. The maximum absolute atomic E-state index is 13.9. The molecule has 0 amide bonds. The molecule has 1 fully saturated rings. The van der Waals surface area contributed by atoms with Crippen molar-refractivity contribution in [2.24, 2.45) is 0 Å². The predicted molar refractivity (Wildman–Crippen MR) is 98.3 cm³/mol. The van der Waals surface area contributed by atoms with E-state index in [-0.39, 0.29) is 0 Å². The molecule has 0 saturated carbocycles. The van der Waals surface area contributed by atoms with Gasteiger partial charge in [0, 0.05) is 17.0 Å². The summed E-state index contributed by atoms with van der Waals surface area (Å²) in [5, 5.41) is 20.2. The third-order valence-corrected chi connectivity index (χ3v) is 8.57. The molecular weight excluding hydrogens is 333 g/mol. The van der Waals surface area contributed by atoms with Crippen LogP contribution in [0.3, 0.4) is 0 Å². The van der Waals surface area contributed by atoms with Gasteiger partial charge in [-0.3, -0.25) is 0 Å². The van der Waals surface area contributed by atoms with Crippen molar-refractivity contribution >= 4 is 12.4 Å². The summed E-state index contributed by atoms with van der Waals surface area (Å²) in [6, 6.07) is 19.2. The van der Waals surface area contributed by atoms with Crippen LogP contribution >= 0.6 is 7.14 Å². The largest absolute Gasteiger partial charge is 0.387 e. The van der Waals surface area contributed by atoms with E-state index >= 15 is 0 Å². The Labute approximate surface area is 146 Å². The Balaban J connectivity index is 1.79. The van der Waals surface area contributed by atoms with Crippen molar-refractivity contribution in [1.29, 1.82) is 0 Å². The zero-order chi connectivity index (χ0) is 17.5. The fraction of sp³-hybridized carbons (Fsp3) is 0.263. The molecule has 3 atom stereocenters. The van der Waals surface area contributed by atoms with Crippen molar-refractivity contribution in [3.63, 3.8) is 0 Å². The van der Waals surface area contributed by atoms with Crippen molar-refractivity contribution in [1.82, 2.24) is 15.0 Å². The minimum Gasteiger partial charge on any atom is -0.387 e. The highest BCUT2D eigenvalue weighted by Crippen LogP contribution is 2.66. The van der Waals surface area contributed by atoms with Crippen LogP contribution in [0.2, 0.25) is 0 Å². The number of rotatable bonds is 3. The molecule has 0 bridgehead atoms. The summed E-state index contributed by atoms with van der Waals surface area (Å²) in [7, 11) is -2.84. The molecule has 2 heterocycles. The second kappa shape index (κ2) is 5.94. The Morgan fingerprint density at radius 3 is 2.44 bits per heavy atom. The van der Waals surface area contributed by atoms with E-state index in [0.717, 1.165) is 10.9 Å². The van der Waals surface area contributed by atoms with E-state index in [9.17, 15) is 9.67 Å². The van der Waals surface area contributed by atoms with Crippen molar-refractivity contribution in [2.75, 3.05) is 6.16 Å². The van der Waals surface area contributed by atoms with E-state index in [4.69, 9.17) is 0 Å². The minimum absolute atomic E-state index is 0.467. The number of hydrogen-bond donors (Lipinski definition) is 1. The van der Waals surface area contributed by atoms with Crippen molar-refractivity contribution in [2.45, 2.75) is 24.7 Å². The maximum Gasteiger partial charge on any atom is 0.142 e. The van der Waals surface area contributed by atoms with Gasteiger partial charge >= 0.3 is 0 Å². The minimum atomic E-state index is -2.84. The Hall–Kier alpha value is -2.23. The first-order valence-electron chi connectivity index (χ1n) is 8.35. The summed E-state index contributed by atoms with van der Waals surface area (Å²) in [5.74, 6) is -0.604. The summed E-state index contributed by atoms with van der Waals surface area (Å²) in [6.07, 6.45) is 2.73. The van der Waals surface area contributed by atoms with Crippen molar-refractivity contribution in [3.8, 4) is 11.3 Å². The molecule has 25 heavy (non-hydrogen) atoms. The van der Waals surface area contributed by atoms with Crippen LogP contribution in [-0.2, 0) is 4.57 Å². The topological polar surface area (TPSA) is 68.0 Å². The second-order valence-corrected chi connectivity index (χ2v) is 9.83. The lowest BCUT2D eigenvalue weighted by atomic mass is 10.0. The van der Waals surface area contributed by atoms with Crippen LogP contribution in [0.4, 0.5) is 0 Å². The van der Waals surface area contributed by atoms with Crippen molar-refractivity contribution < 1.29 is 9.67 Å². The number of nitrogens with zero attached hydrogens (tertiary/aromatic N) is 3. The van der Waals surface area contributed by atoms with Crippen LogP contribution in [0.1, 0.15) is 19.1 Å². The molecule has 5 nitrogen and oxygen atoms in total. The molecule has 1 aliphatic rings. The van der Waals surface area contributed by atoms with Gasteiger partial charge in [-0.25, -0.2) is 4.68 Å². The van der Waals surface area contributed by atoms with Gasteiger partial charge < -0.3 is 9.67 Å². The van der Waals surface area contributed by atoms with Gasteiger partial charge in [0.15, 0.2) is 0 Å². The average molecular weight is 353 g/mol. The normalized spacial score (nSPS) is 29.0. The van der Waals surface area contributed by atoms with Crippen LogP contribution in [0.25, 0.3) is 11.3 Å². The van der Waals surface area contributed by atoms with E-state index in [2.05, 4.69) is 10.3 Å². The zero-order valence-electron chi connectivity index (χ0n) is 14.0. The van der Waals surface area contributed by atoms with E-state index in [1.807, 2.05) is 60.7 Å². The molecule has 1 unspecified atom stereocenters. The Morgan fingerprint density at radius 2 is 1.76 bits per heavy atom. The fourth-order valence-electron chi connectivity index (χ4n) is 3.66. The SMILES string of the molecule is C[C@@]1(O)CCP(=O)(c2ccccc2)[C@H]1n1cc(-c2ccccc2)nn1. The molecule has 3 aromatic rings. The molecule has 1 aromatic heterocycles. The van der Waals surface area contributed by atoms with Crippen LogP contribution in [0.5, 0.6) is 0 Å². The van der Waals surface area contributed by atoms with Crippen LogP contribution < -0.4 is 5.30 Å². The molecule has 1 N–H and O–H groups in total. The number of aromatic nitrogens is 3. The van der Waals surface area contributed by atoms with E-state index < -0.39 is 18.5 Å². The Kier molecular flexibility index (Phi) is 3.86. The lowest BCUT2D eigenvalue weighted by molar-refractivity contribution is 0.0372. The molecule has 0 aliphatic carbocycles. The van der Waals surface area contributed by atoms with Gasteiger partial charge in [-0.05, 0) is 13.3 Å². The number of hydrogen-bond acceptors (Lipinski definition) is 4. The van der Waals surface area contributed by atoms with E-state index in [1.165, 1.54) is 0 Å². The number of benzene rings is 2. The van der Waals surface area contributed by atoms with Gasteiger partial charge in [0.05, 0.1) is 11.8 Å². The molecule has 128 valence electrons. The first-order chi connectivity index (χ1) is 12.0.